The first kappa shape index (κ1) is 20.3. The lowest BCUT2D eigenvalue weighted by molar-refractivity contribution is -0.118. The van der Waals surface area contributed by atoms with Gasteiger partial charge in [0.1, 0.15) is 5.75 Å². The van der Waals surface area contributed by atoms with E-state index in [0.29, 0.717) is 13.0 Å². The summed E-state index contributed by atoms with van der Waals surface area (Å²) in [7, 11) is 5.73. The van der Waals surface area contributed by atoms with Crippen molar-refractivity contribution >= 4 is 32.6 Å². The van der Waals surface area contributed by atoms with E-state index in [0.717, 1.165) is 45.2 Å². The minimum absolute atomic E-state index is 0.0700. The quantitative estimate of drug-likeness (QED) is 0.573. The molecule has 148 valence electrons. The molecule has 0 saturated heterocycles. The second-order valence-corrected chi connectivity index (χ2v) is 8.15. The van der Waals surface area contributed by atoms with E-state index in [2.05, 4.69) is 24.0 Å². The minimum atomic E-state index is 0.0700. The highest BCUT2D eigenvalue weighted by atomic mass is 32.1. The number of carbonyl (C=O) groups excluding carboxylic acids is 1. The number of thiazole rings is 1. The van der Waals surface area contributed by atoms with Crippen molar-refractivity contribution in [1.82, 2.24) is 9.88 Å². The number of carbonyl (C=O) groups is 1. The van der Waals surface area contributed by atoms with Gasteiger partial charge in [-0.3, -0.25) is 9.69 Å². The average Bonchev–Trinajstić information content (AvgIpc) is 3.11. The lowest BCUT2D eigenvalue weighted by Gasteiger charge is -2.21. The zero-order valence-corrected chi connectivity index (χ0v) is 17.8. The molecular formula is C22H27N3O2S. The Kier molecular flexibility index (Phi) is 6.65. The lowest BCUT2D eigenvalue weighted by atomic mass is 10.1. The fourth-order valence-electron chi connectivity index (χ4n) is 3.08. The Morgan fingerprint density at radius 1 is 1.11 bits per heavy atom. The number of rotatable bonds is 8. The van der Waals surface area contributed by atoms with Crippen molar-refractivity contribution in [2.45, 2.75) is 19.8 Å². The molecule has 0 N–H and O–H groups in total. The zero-order chi connectivity index (χ0) is 20.1. The highest BCUT2D eigenvalue weighted by molar-refractivity contribution is 7.22. The first-order valence-corrected chi connectivity index (χ1v) is 10.2. The Balaban J connectivity index is 1.83. The van der Waals surface area contributed by atoms with Crippen LogP contribution < -0.4 is 9.64 Å². The van der Waals surface area contributed by atoms with Gasteiger partial charge in [-0.25, -0.2) is 4.98 Å². The van der Waals surface area contributed by atoms with Crippen LogP contribution in [0.15, 0.2) is 42.5 Å². The Bertz CT molecular complexity index is 935. The van der Waals surface area contributed by atoms with Gasteiger partial charge in [-0.1, -0.05) is 35.6 Å². The maximum atomic E-state index is 13.2. The molecule has 0 atom stereocenters. The molecule has 2 aromatic carbocycles. The molecule has 0 aliphatic heterocycles. The van der Waals surface area contributed by atoms with Crippen molar-refractivity contribution in [3.05, 3.63) is 53.6 Å². The topological polar surface area (TPSA) is 45.7 Å². The summed E-state index contributed by atoms with van der Waals surface area (Å²) in [5.41, 5.74) is 3.09. The van der Waals surface area contributed by atoms with Crippen LogP contribution in [0.25, 0.3) is 10.2 Å². The van der Waals surface area contributed by atoms with Gasteiger partial charge in [0.2, 0.25) is 5.91 Å². The molecule has 0 unspecified atom stereocenters. The number of ether oxygens (including phenoxy) is 1. The summed E-state index contributed by atoms with van der Waals surface area (Å²) in [6.07, 6.45) is 1.25. The third-order valence-corrected chi connectivity index (χ3v) is 5.69. The molecule has 0 bridgehead atoms. The van der Waals surface area contributed by atoms with Crippen LogP contribution in [0.5, 0.6) is 5.75 Å². The van der Waals surface area contributed by atoms with Crippen LogP contribution in [0.1, 0.15) is 17.5 Å². The number of benzene rings is 2. The van der Waals surface area contributed by atoms with Gasteiger partial charge in [0.05, 0.1) is 23.7 Å². The molecule has 1 aromatic heterocycles. The van der Waals surface area contributed by atoms with Gasteiger partial charge in [0, 0.05) is 6.54 Å². The van der Waals surface area contributed by atoms with Crippen molar-refractivity contribution in [2.75, 3.05) is 39.2 Å². The van der Waals surface area contributed by atoms with E-state index in [9.17, 15) is 4.79 Å². The van der Waals surface area contributed by atoms with Gasteiger partial charge in [-0.05, 0) is 63.3 Å². The second kappa shape index (κ2) is 9.17. The molecule has 5 nitrogen and oxygen atoms in total. The summed E-state index contributed by atoms with van der Waals surface area (Å²) < 4.78 is 6.32. The third kappa shape index (κ3) is 4.88. The smallest absolute Gasteiger partial charge is 0.233 e. The molecule has 1 amide bonds. The predicted molar refractivity (Wildman–Crippen MR) is 117 cm³/mol. The molecule has 3 aromatic rings. The first-order chi connectivity index (χ1) is 13.5. The molecule has 0 fully saturated rings. The maximum Gasteiger partial charge on any atom is 0.233 e. The van der Waals surface area contributed by atoms with Crippen LogP contribution in [0.3, 0.4) is 0 Å². The number of methoxy groups -OCH3 is 1. The number of para-hydroxylation sites is 1. The highest BCUT2D eigenvalue weighted by Gasteiger charge is 2.20. The Morgan fingerprint density at radius 3 is 2.50 bits per heavy atom. The van der Waals surface area contributed by atoms with E-state index in [-0.39, 0.29) is 5.91 Å². The largest absolute Gasteiger partial charge is 0.497 e. The number of aryl methyl sites for hydroxylation is 1. The van der Waals surface area contributed by atoms with Gasteiger partial charge < -0.3 is 9.64 Å². The van der Waals surface area contributed by atoms with E-state index in [1.807, 2.05) is 49.3 Å². The van der Waals surface area contributed by atoms with Crippen LogP contribution in [0.2, 0.25) is 0 Å². The van der Waals surface area contributed by atoms with Crippen LogP contribution in [-0.2, 0) is 11.2 Å². The number of nitrogens with zero attached hydrogens (tertiary/aromatic N) is 3. The molecule has 0 saturated carbocycles. The minimum Gasteiger partial charge on any atom is -0.497 e. The summed E-state index contributed by atoms with van der Waals surface area (Å²) in [6, 6.07) is 13.8. The third-order valence-electron chi connectivity index (χ3n) is 4.64. The average molecular weight is 398 g/mol. The Hall–Kier alpha value is -2.44. The summed E-state index contributed by atoms with van der Waals surface area (Å²) in [5, 5.41) is 0.779. The number of aromatic nitrogens is 1. The summed E-state index contributed by atoms with van der Waals surface area (Å²) in [6.45, 7) is 3.64. The van der Waals surface area contributed by atoms with Crippen molar-refractivity contribution in [1.29, 1.82) is 0 Å². The van der Waals surface area contributed by atoms with Crippen LogP contribution in [0.4, 0.5) is 5.13 Å². The molecule has 0 radical (unpaired) electrons. The zero-order valence-electron chi connectivity index (χ0n) is 16.9. The fourth-order valence-corrected chi connectivity index (χ4v) is 4.16. The van der Waals surface area contributed by atoms with Crippen molar-refractivity contribution in [3.63, 3.8) is 0 Å². The summed E-state index contributed by atoms with van der Waals surface area (Å²) in [5.74, 6) is 0.862. The molecule has 3 rings (SSSR count). The standard InChI is InChI=1S/C22H27N3O2S/c1-16-7-5-8-19-21(16)23-22(28-19)25(14-6-13-24(2)3)20(26)15-17-9-11-18(27-4)12-10-17/h5,7-12H,6,13-15H2,1-4H3. The first-order valence-electron chi connectivity index (χ1n) is 9.42. The predicted octanol–water partition coefficient (Wildman–Crippen LogP) is 4.14. The van der Waals surface area contributed by atoms with Crippen LogP contribution >= 0.6 is 11.3 Å². The SMILES string of the molecule is COc1ccc(CC(=O)N(CCCN(C)C)c2nc3c(C)cccc3s2)cc1. The molecule has 1 heterocycles. The van der Waals surface area contributed by atoms with Gasteiger partial charge in [0.15, 0.2) is 5.13 Å². The Labute approximate surface area is 170 Å². The molecule has 0 spiro atoms. The number of hydrogen-bond donors (Lipinski definition) is 0. The monoisotopic (exact) mass is 397 g/mol. The van der Waals surface area contributed by atoms with E-state index in [4.69, 9.17) is 9.72 Å². The van der Waals surface area contributed by atoms with E-state index in [1.54, 1.807) is 18.4 Å². The number of fused-ring (bicyclic) bond motifs is 1. The van der Waals surface area contributed by atoms with Crippen LogP contribution in [-0.4, -0.2) is 50.1 Å². The molecule has 0 aliphatic carbocycles. The molecule has 6 heteroatoms. The molecule has 0 aliphatic rings. The van der Waals surface area contributed by atoms with Crippen molar-refractivity contribution in [2.24, 2.45) is 0 Å². The molecular weight excluding hydrogens is 370 g/mol. The van der Waals surface area contributed by atoms with Gasteiger partial charge in [-0.2, -0.15) is 0 Å². The highest BCUT2D eigenvalue weighted by Crippen LogP contribution is 2.31. The lowest BCUT2D eigenvalue weighted by Crippen LogP contribution is -2.34. The van der Waals surface area contributed by atoms with Gasteiger partial charge in [-0.15, -0.1) is 0 Å². The Morgan fingerprint density at radius 2 is 1.86 bits per heavy atom. The fraction of sp³-hybridized carbons (Fsp3) is 0.364. The maximum absolute atomic E-state index is 13.2. The summed E-state index contributed by atoms with van der Waals surface area (Å²) >= 11 is 1.58. The number of anilines is 1. The summed E-state index contributed by atoms with van der Waals surface area (Å²) in [4.78, 5) is 21.9. The van der Waals surface area contributed by atoms with Crippen molar-refractivity contribution in [3.8, 4) is 5.75 Å². The van der Waals surface area contributed by atoms with E-state index in [1.165, 1.54) is 0 Å². The number of hydrogen-bond acceptors (Lipinski definition) is 5. The van der Waals surface area contributed by atoms with Gasteiger partial charge in [0.25, 0.3) is 0 Å². The van der Waals surface area contributed by atoms with E-state index >= 15 is 0 Å². The van der Waals surface area contributed by atoms with Crippen LogP contribution in [0, 0.1) is 6.92 Å². The normalized spacial score (nSPS) is 11.2. The van der Waals surface area contributed by atoms with E-state index < -0.39 is 0 Å². The number of amides is 1. The second-order valence-electron chi connectivity index (χ2n) is 7.15. The van der Waals surface area contributed by atoms with Crippen molar-refractivity contribution < 1.29 is 9.53 Å². The molecule has 28 heavy (non-hydrogen) atoms. The van der Waals surface area contributed by atoms with Gasteiger partial charge >= 0.3 is 0 Å².